The van der Waals surface area contributed by atoms with Gasteiger partial charge >= 0.3 is 6.61 Å². The molecular weight excluding hydrogens is 454 g/mol. The van der Waals surface area contributed by atoms with E-state index in [0.717, 1.165) is 5.69 Å². The maximum atomic E-state index is 13.4. The van der Waals surface area contributed by atoms with Crippen molar-refractivity contribution in [1.82, 2.24) is 9.88 Å². The minimum absolute atomic E-state index is 0.0495. The van der Waals surface area contributed by atoms with Gasteiger partial charge in [0, 0.05) is 24.5 Å². The number of anilines is 3. The van der Waals surface area contributed by atoms with Gasteiger partial charge in [-0.05, 0) is 68.3 Å². The van der Waals surface area contributed by atoms with Crippen LogP contribution in [0.15, 0.2) is 66.7 Å². The van der Waals surface area contributed by atoms with Crippen molar-refractivity contribution in [2.75, 3.05) is 23.7 Å². The number of nitrogens with zero attached hydrogens (tertiary/aromatic N) is 2. The summed E-state index contributed by atoms with van der Waals surface area (Å²) in [6.45, 7) is -0.173. The van der Waals surface area contributed by atoms with Crippen LogP contribution in [-0.2, 0) is 4.79 Å². The van der Waals surface area contributed by atoms with Crippen LogP contribution in [0.3, 0.4) is 0 Å². The number of aryl methyl sites for hydroxylation is 1. The summed E-state index contributed by atoms with van der Waals surface area (Å²) in [5, 5.41) is 6.02. The van der Waals surface area contributed by atoms with Crippen molar-refractivity contribution < 1.29 is 23.1 Å². The molecular formula is C26H26F2N4O3. The Labute approximate surface area is 202 Å². The van der Waals surface area contributed by atoms with E-state index in [1.807, 2.05) is 19.1 Å². The number of halogens is 2. The number of aromatic nitrogens is 1. The van der Waals surface area contributed by atoms with Crippen molar-refractivity contribution in [3.8, 4) is 5.75 Å². The molecule has 4 rings (SSSR count). The number of ether oxygens (including phenoxy) is 1. The summed E-state index contributed by atoms with van der Waals surface area (Å²) in [6, 6.07) is 18.5. The molecule has 1 atom stereocenters. The van der Waals surface area contributed by atoms with Crippen LogP contribution < -0.4 is 15.4 Å². The van der Waals surface area contributed by atoms with Crippen LogP contribution in [0.5, 0.6) is 5.75 Å². The number of nitrogens with one attached hydrogen (secondary N) is 2. The van der Waals surface area contributed by atoms with Crippen LogP contribution in [0.1, 0.15) is 28.9 Å². The zero-order chi connectivity index (χ0) is 24.8. The fraction of sp³-hybridized carbons (Fsp3) is 0.269. The summed E-state index contributed by atoms with van der Waals surface area (Å²) in [5.41, 5.74) is 2.47. The van der Waals surface area contributed by atoms with Crippen LogP contribution in [0.4, 0.5) is 26.0 Å². The van der Waals surface area contributed by atoms with Crippen LogP contribution >= 0.6 is 0 Å². The van der Waals surface area contributed by atoms with E-state index in [-0.39, 0.29) is 23.5 Å². The average molecular weight is 481 g/mol. The van der Waals surface area contributed by atoms with E-state index >= 15 is 0 Å². The fourth-order valence-electron chi connectivity index (χ4n) is 4.04. The van der Waals surface area contributed by atoms with Crippen molar-refractivity contribution in [2.24, 2.45) is 5.92 Å². The zero-order valence-electron chi connectivity index (χ0n) is 19.2. The lowest BCUT2D eigenvalue weighted by atomic mass is 9.96. The smallest absolute Gasteiger partial charge is 0.387 e. The predicted molar refractivity (Wildman–Crippen MR) is 129 cm³/mol. The predicted octanol–water partition coefficient (Wildman–Crippen LogP) is 5.23. The number of carbonyl (C=O) groups excluding carboxylic acids is 2. The molecule has 1 aliphatic rings. The van der Waals surface area contributed by atoms with Gasteiger partial charge < -0.3 is 20.3 Å². The van der Waals surface area contributed by atoms with Gasteiger partial charge in [-0.15, -0.1) is 0 Å². The number of benzene rings is 2. The van der Waals surface area contributed by atoms with Gasteiger partial charge in [-0.3, -0.25) is 9.59 Å². The lowest BCUT2D eigenvalue weighted by Crippen LogP contribution is -2.44. The standard InChI is InChI=1S/C26H26F2N4O3/c1-17-6-4-10-23(29-17)31-24(33)18-7-5-15-32(16-18)25(34)21-8-2-3-9-22(21)30-19-11-13-20(14-12-19)35-26(27)28/h2-4,6,8-14,18,26,30H,5,7,15-16H2,1H3,(H,29,31,33). The maximum Gasteiger partial charge on any atom is 0.387 e. The normalized spacial score (nSPS) is 15.5. The molecule has 1 aliphatic heterocycles. The Kier molecular flexibility index (Phi) is 7.54. The molecule has 1 unspecified atom stereocenters. The van der Waals surface area contributed by atoms with Crippen LogP contribution in [0, 0.1) is 12.8 Å². The third-order valence-electron chi connectivity index (χ3n) is 5.73. The molecule has 1 saturated heterocycles. The second kappa shape index (κ2) is 10.9. The van der Waals surface area contributed by atoms with E-state index < -0.39 is 6.61 Å². The molecule has 2 aromatic carbocycles. The van der Waals surface area contributed by atoms with Crippen LogP contribution in [0.25, 0.3) is 0 Å². The van der Waals surface area contributed by atoms with Gasteiger partial charge in [-0.25, -0.2) is 4.98 Å². The van der Waals surface area contributed by atoms with E-state index in [1.54, 1.807) is 47.4 Å². The largest absolute Gasteiger partial charge is 0.435 e. The number of hydrogen-bond acceptors (Lipinski definition) is 5. The molecule has 182 valence electrons. The molecule has 1 fully saturated rings. The second-order valence-electron chi connectivity index (χ2n) is 8.32. The Morgan fingerprint density at radius 2 is 1.83 bits per heavy atom. The number of para-hydroxylation sites is 1. The summed E-state index contributed by atoms with van der Waals surface area (Å²) in [7, 11) is 0. The van der Waals surface area contributed by atoms with Crippen molar-refractivity contribution >= 4 is 29.0 Å². The van der Waals surface area contributed by atoms with Gasteiger partial charge in [0.1, 0.15) is 11.6 Å². The van der Waals surface area contributed by atoms with E-state index in [9.17, 15) is 18.4 Å². The monoisotopic (exact) mass is 480 g/mol. The average Bonchev–Trinajstić information content (AvgIpc) is 2.85. The van der Waals surface area contributed by atoms with Crippen LogP contribution in [-0.4, -0.2) is 41.4 Å². The Bertz CT molecular complexity index is 1190. The summed E-state index contributed by atoms with van der Waals surface area (Å²) < 4.78 is 29.1. The quantitative estimate of drug-likeness (QED) is 0.484. The van der Waals surface area contributed by atoms with Gasteiger partial charge in [0.25, 0.3) is 5.91 Å². The summed E-state index contributed by atoms with van der Waals surface area (Å²) in [4.78, 5) is 32.2. The number of alkyl halides is 2. The number of amides is 2. The number of piperidine rings is 1. The zero-order valence-corrected chi connectivity index (χ0v) is 19.2. The molecule has 3 aromatic rings. The van der Waals surface area contributed by atoms with Gasteiger partial charge in [-0.1, -0.05) is 18.2 Å². The highest BCUT2D eigenvalue weighted by atomic mass is 19.3. The molecule has 0 spiro atoms. The fourth-order valence-corrected chi connectivity index (χ4v) is 4.04. The number of carbonyl (C=O) groups is 2. The van der Waals surface area contributed by atoms with Gasteiger partial charge in [0.15, 0.2) is 0 Å². The highest BCUT2D eigenvalue weighted by Gasteiger charge is 2.30. The molecule has 2 amide bonds. The first kappa shape index (κ1) is 24.1. The van der Waals surface area contributed by atoms with Gasteiger partial charge in [-0.2, -0.15) is 8.78 Å². The molecule has 0 aliphatic carbocycles. The second-order valence-corrected chi connectivity index (χ2v) is 8.32. The molecule has 2 N–H and O–H groups in total. The number of hydrogen-bond donors (Lipinski definition) is 2. The number of rotatable bonds is 7. The highest BCUT2D eigenvalue weighted by Crippen LogP contribution is 2.27. The summed E-state index contributed by atoms with van der Waals surface area (Å²) in [5.74, 6) is -0.126. The minimum Gasteiger partial charge on any atom is -0.435 e. The lowest BCUT2D eigenvalue weighted by Gasteiger charge is -2.32. The van der Waals surface area contributed by atoms with Gasteiger partial charge in [0.2, 0.25) is 5.91 Å². The van der Waals surface area contributed by atoms with Crippen molar-refractivity contribution in [1.29, 1.82) is 0 Å². The topological polar surface area (TPSA) is 83.6 Å². The van der Waals surface area contributed by atoms with Crippen molar-refractivity contribution in [3.05, 3.63) is 78.0 Å². The molecule has 0 bridgehead atoms. The van der Waals surface area contributed by atoms with E-state index in [0.29, 0.717) is 48.7 Å². The minimum atomic E-state index is -2.89. The van der Waals surface area contributed by atoms with E-state index in [4.69, 9.17) is 0 Å². The first-order chi connectivity index (χ1) is 16.9. The third-order valence-corrected chi connectivity index (χ3v) is 5.73. The molecule has 1 aromatic heterocycles. The lowest BCUT2D eigenvalue weighted by molar-refractivity contribution is -0.121. The van der Waals surface area contributed by atoms with Crippen LogP contribution in [0.2, 0.25) is 0 Å². The third kappa shape index (κ3) is 6.32. The Balaban J connectivity index is 1.44. The molecule has 35 heavy (non-hydrogen) atoms. The molecule has 9 heteroatoms. The molecule has 7 nitrogen and oxygen atoms in total. The molecule has 2 heterocycles. The van der Waals surface area contributed by atoms with E-state index in [1.165, 1.54) is 12.1 Å². The Morgan fingerprint density at radius 3 is 2.57 bits per heavy atom. The van der Waals surface area contributed by atoms with Crippen molar-refractivity contribution in [3.63, 3.8) is 0 Å². The first-order valence-electron chi connectivity index (χ1n) is 11.3. The Hall–Kier alpha value is -4.01. The molecule has 0 radical (unpaired) electrons. The summed E-state index contributed by atoms with van der Waals surface area (Å²) >= 11 is 0. The van der Waals surface area contributed by atoms with Crippen molar-refractivity contribution in [2.45, 2.75) is 26.4 Å². The molecule has 0 saturated carbocycles. The summed E-state index contributed by atoms with van der Waals surface area (Å²) in [6.07, 6.45) is 1.40. The maximum absolute atomic E-state index is 13.4. The first-order valence-corrected chi connectivity index (χ1v) is 11.3. The SMILES string of the molecule is Cc1cccc(NC(=O)C2CCCN(C(=O)c3ccccc3Nc3ccc(OC(F)F)cc3)C2)n1. The van der Waals surface area contributed by atoms with Gasteiger partial charge in [0.05, 0.1) is 17.2 Å². The number of likely N-dealkylation sites (tertiary alicyclic amines) is 1. The van der Waals surface area contributed by atoms with E-state index in [2.05, 4.69) is 20.4 Å². The highest BCUT2D eigenvalue weighted by molar-refractivity contribution is 6.01. The Morgan fingerprint density at radius 1 is 1.06 bits per heavy atom. The number of pyridine rings is 1.